The number of rotatable bonds is 4. The zero-order chi connectivity index (χ0) is 14.2. The Morgan fingerprint density at radius 1 is 1.35 bits per heavy atom. The molecule has 3 nitrogen and oxygen atoms in total. The number of hydrogen-bond acceptors (Lipinski definition) is 2. The normalized spacial score (nSPS) is 16.9. The minimum absolute atomic E-state index is 0.193. The third-order valence-electron chi connectivity index (χ3n) is 4.28. The molecule has 1 aliphatic heterocycles. The van der Waals surface area contributed by atoms with Crippen molar-refractivity contribution in [3.63, 3.8) is 0 Å². The second-order valence-corrected chi connectivity index (χ2v) is 6.50. The monoisotopic (exact) mass is 333 g/mol. The van der Waals surface area contributed by atoms with Crippen LogP contribution in [0.3, 0.4) is 0 Å². The Hall–Kier alpha value is -1.13. The van der Waals surface area contributed by atoms with E-state index in [1.54, 1.807) is 0 Å². The summed E-state index contributed by atoms with van der Waals surface area (Å²) in [6, 6.07) is 10.8. The van der Waals surface area contributed by atoms with Crippen LogP contribution in [0.25, 0.3) is 0 Å². The SMILES string of the molecule is CCc1cc(CC2(c3ccccc3Br)CNC2)n(C)n1. The molecular formula is C16H20BrN3. The molecule has 0 bridgehead atoms. The average Bonchev–Trinajstić information content (AvgIpc) is 2.75. The molecule has 0 saturated carbocycles. The van der Waals surface area contributed by atoms with Gasteiger partial charge in [-0.3, -0.25) is 4.68 Å². The van der Waals surface area contributed by atoms with Crippen molar-refractivity contribution in [1.82, 2.24) is 15.1 Å². The third kappa shape index (κ3) is 2.31. The van der Waals surface area contributed by atoms with Crippen LogP contribution in [0.1, 0.15) is 23.9 Å². The number of aryl methyl sites for hydroxylation is 2. The fraction of sp³-hybridized carbons (Fsp3) is 0.438. The average molecular weight is 334 g/mol. The summed E-state index contributed by atoms with van der Waals surface area (Å²) in [6.45, 7) is 4.21. The summed E-state index contributed by atoms with van der Waals surface area (Å²) in [5.74, 6) is 0. The first kappa shape index (κ1) is 13.8. The van der Waals surface area contributed by atoms with E-state index < -0.39 is 0 Å². The number of aromatic nitrogens is 2. The van der Waals surface area contributed by atoms with Crippen molar-refractivity contribution in [2.45, 2.75) is 25.2 Å². The molecule has 1 saturated heterocycles. The largest absolute Gasteiger partial charge is 0.315 e. The molecule has 1 aliphatic rings. The van der Waals surface area contributed by atoms with Gasteiger partial charge in [0.25, 0.3) is 0 Å². The molecular weight excluding hydrogens is 314 g/mol. The highest BCUT2D eigenvalue weighted by Gasteiger charge is 2.40. The zero-order valence-electron chi connectivity index (χ0n) is 12.0. The lowest BCUT2D eigenvalue weighted by atomic mass is 9.72. The Bertz CT molecular complexity index is 614. The minimum Gasteiger partial charge on any atom is -0.315 e. The van der Waals surface area contributed by atoms with Crippen molar-refractivity contribution in [2.75, 3.05) is 13.1 Å². The van der Waals surface area contributed by atoms with Gasteiger partial charge >= 0.3 is 0 Å². The highest BCUT2D eigenvalue weighted by molar-refractivity contribution is 9.10. The molecule has 1 fully saturated rings. The zero-order valence-corrected chi connectivity index (χ0v) is 13.6. The molecule has 0 aliphatic carbocycles. The summed E-state index contributed by atoms with van der Waals surface area (Å²) < 4.78 is 3.25. The fourth-order valence-corrected chi connectivity index (χ4v) is 3.69. The predicted molar refractivity (Wildman–Crippen MR) is 85.0 cm³/mol. The molecule has 0 radical (unpaired) electrons. The van der Waals surface area contributed by atoms with Gasteiger partial charge in [-0.25, -0.2) is 0 Å². The Morgan fingerprint density at radius 2 is 2.10 bits per heavy atom. The van der Waals surface area contributed by atoms with Crippen LogP contribution in [0.15, 0.2) is 34.8 Å². The summed E-state index contributed by atoms with van der Waals surface area (Å²) in [7, 11) is 2.05. The van der Waals surface area contributed by atoms with E-state index in [1.165, 1.54) is 21.4 Å². The van der Waals surface area contributed by atoms with E-state index in [1.807, 2.05) is 11.7 Å². The molecule has 1 aromatic carbocycles. The van der Waals surface area contributed by atoms with E-state index >= 15 is 0 Å². The highest BCUT2D eigenvalue weighted by Crippen LogP contribution is 2.36. The molecule has 106 valence electrons. The Labute approximate surface area is 128 Å². The van der Waals surface area contributed by atoms with Crippen LogP contribution in [0, 0.1) is 0 Å². The highest BCUT2D eigenvalue weighted by atomic mass is 79.9. The van der Waals surface area contributed by atoms with Crippen molar-refractivity contribution in [3.05, 3.63) is 51.8 Å². The van der Waals surface area contributed by atoms with Crippen molar-refractivity contribution < 1.29 is 0 Å². The van der Waals surface area contributed by atoms with Crippen LogP contribution in [0.5, 0.6) is 0 Å². The predicted octanol–water partition coefficient (Wildman–Crippen LogP) is 2.83. The van der Waals surface area contributed by atoms with Gasteiger partial charge in [0.1, 0.15) is 0 Å². The first-order valence-corrected chi connectivity index (χ1v) is 7.91. The topological polar surface area (TPSA) is 29.9 Å². The molecule has 2 aromatic rings. The van der Waals surface area contributed by atoms with Crippen molar-refractivity contribution in [3.8, 4) is 0 Å². The minimum atomic E-state index is 0.193. The lowest BCUT2D eigenvalue weighted by molar-refractivity contribution is 0.268. The quantitative estimate of drug-likeness (QED) is 0.932. The van der Waals surface area contributed by atoms with Crippen molar-refractivity contribution in [1.29, 1.82) is 0 Å². The van der Waals surface area contributed by atoms with Crippen LogP contribution in [0.4, 0.5) is 0 Å². The molecule has 1 aromatic heterocycles. The third-order valence-corrected chi connectivity index (χ3v) is 4.97. The molecule has 20 heavy (non-hydrogen) atoms. The van der Waals surface area contributed by atoms with Crippen LogP contribution >= 0.6 is 15.9 Å². The lowest BCUT2D eigenvalue weighted by Crippen LogP contribution is -2.58. The first-order chi connectivity index (χ1) is 9.64. The Balaban J connectivity index is 1.94. The molecule has 2 heterocycles. The molecule has 0 spiro atoms. The maximum absolute atomic E-state index is 4.57. The van der Waals surface area contributed by atoms with E-state index in [0.717, 1.165) is 25.9 Å². The summed E-state index contributed by atoms with van der Waals surface area (Å²) in [4.78, 5) is 0. The molecule has 1 N–H and O–H groups in total. The Morgan fingerprint density at radius 3 is 2.65 bits per heavy atom. The van der Waals surface area contributed by atoms with Gasteiger partial charge in [0.05, 0.1) is 5.69 Å². The van der Waals surface area contributed by atoms with Gasteiger partial charge in [-0.05, 0) is 24.1 Å². The number of benzene rings is 1. The van der Waals surface area contributed by atoms with E-state index in [2.05, 4.69) is 63.6 Å². The summed E-state index contributed by atoms with van der Waals surface area (Å²) >= 11 is 3.71. The van der Waals surface area contributed by atoms with E-state index in [-0.39, 0.29) is 5.41 Å². The van der Waals surface area contributed by atoms with E-state index in [0.29, 0.717) is 0 Å². The maximum Gasteiger partial charge on any atom is 0.0624 e. The number of nitrogens with zero attached hydrogens (tertiary/aromatic N) is 2. The lowest BCUT2D eigenvalue weighted by Gasteiger charge is -2.44. The van der Waals surface area contributed by atoms with Crippen LogP contribution in [-0.2, 0) is 25.3 Å². The van der Waals surface area contributed by atoms with Gasteiger partial charge in [0.2, 0.25) is 0 Å². The van der Waals surface area contributed by atoms with E-state index in [9.17, 15) is 0 Å². The molecule has 0 atom stereocenters. The molecule has 4 heteroatoms. The first-order valence-electron chi connectivity index (χ1n) is 7.12. The van der Waals surface area contributed by atoms with Gasteiger partial charge in [-0.1, -0.05) is 41.1 Å². The van der Waals surface area contributed by atoms with Gasteiger partial charge in [-0.2, -0.15) is 5.10 Å². The number of nitrogens with one attached hydrogen (secondary N) is 1. The Kier molecular flexibility index (Phi) is 3.69. The summed E-state index contributed by atoms with van der Waals surface area (Å²) in [6.07, 6.45) is 2.03. The summed E-state index contributed by atoms with van der Waals surface area (Å²) in [5.41, 5.74) is 4.09. The molecule has 3 rings (SSSR count). The molecule has 0 unspecified atom stereocenters. The fourth-order valence-electron chi connectivity index (χ4n) is 2.99. The van der Waals surface area contributed by atoms with Gasteiger partial charge in [0.15, 0.2) is 0 Å². The second-order valence-electron chi connectivity index (χ2n) is 5.64. The van der Waals surface area contributed by atoms with Gasteiger partial charge in [-0.15, -0.1) is 0 Å². The van der Waals surface area contributed by atoms with Crippen LogP contribution in [-0.4, -0.2) is 22.9 Å². The number of hydrogen-bond donors (Lipinski definition) is 1. The van der Waals surface area contributed by atoms with Gasteiger partial charge < -0.3 is 5.32 Å². The molecule has 0 amide bonds. The van der Waals surface area contributed by atoms with Crippen LogP contribution < -0.4 is 5.32 Å². The van der Waals surface area contributed by atoms with Gasteiger partial charge in [0, 0.05) is 42.1 Å². The van der Waals surface area contributed by atoms with E-state index in [4.69, 9.17) is 0 Å². The van der Waals surface area contributed by atoms with Crippen molar-refractivity contribution in [2.24, 2.45) is 7.05 Å². The second kappa shape index (κ2) is 5.34. The van der Waals surface area contributed by atoms with Crippen molar-refractivity contribution >= 4 is 15.9 Å². The number of halogens is 1. The smallest absolute Gasteiger partial charge is 0.0624 e. The van der Waals surface area contributed by atoms with Crippen LogP contribution in [0.2, 0.25) is 0 Å². The standard InChI is InChI=1S/C16H20BrN3/c1-3-12-8-13(20(2)19-12)9-16(10-18-11-16)14-6-4-5-7-15(14)17/h4-8,18H,3,9-11H2,1-2H3. The summed E-state index contributed by atoms with van der Waals surface area (Å²) in [5, 5.41) is 8.01. The maximum atomic E-state index is 4.57.